The maximum absolute atomic E-state index is 13.6. The molecule has 0 N–H and O–H groups in total. The fourth-order valence-electron chi connectivity index (χ4n) is 2.11. The molecule has 2 nitrogen and oxygen atoms in total. The molecule has 0 heterocycles. The van der Waals surface area contributed by atoms with E-state index in [0.717, 1.165) is 5.75 Å². The molecular formula is C17H17FO2. The number of aryl methyl sites for hydroxylation is 2. The predicted molar refractivity (Wildman–Crippen MR) is 76.9 cm³/mol. The van der Waals surface area contributed by atoms with Crippen LogP contribution in [-0.2, 0) is 0 Å². The van der Waals surface area contributed by atoms with Crippen LogP contribution in [0.1, 0.15) is 34.0 Å². The van der Waals surface area contributed by atoms with E-state index in [2.05, 4.69) is 0 Å². The second-order valence-electron chi connectivity index (χ2n) is 4.71. The number of rotatable bonds is 4. The van der Waals surface area contributed by atoms with E-state index < -0.39 is 0 Å². The van der Waals surface area contributed by atoms with Gasteiger partial charge in [0.2, 0.25) is 0 Å². The van der Waals surface area contributed by atoms with Gasteiger partial charge in [0.25, 0.3) is 0 Å². The zero-order valence-electron chi connectivity index (χ0n) is 11.9. The first kappa shape index (κ1) is 14.3. The maximum Gasteiger partial charge on any atom is 0.193 e. The van der Waals surface area contributed by atoms with E-state index in [4.69, 9.17) is 4.74 Å². The zero-order valence-corrected chi connectivity index (χ0v) is 11.9. The van der Waals surface area contributed by atoms with Crippen LogP contribution in [0.2, 0.25) is 0 Å². The lowest BCUT2D eigenvalue weighted by Gasteiger charge is -2.07. The Balaban J connectivity index is 2.31. The van der Waals surface area contributed by atoms with E-state index in [-0.39, 0.29) is 11.6 Å². The Morgan fingerprint density at radius 1 is 1.05 bits per heavy atom. The monoisotopic (exact) mass is 272 g/mol. The molecule has 0 amide bonds. The summed E-state index contributed by atoms with van der Waals surface area (Å²) < 4.78 is 18.9. The van der Waals surface area contributed by atoms with Gasteiger partial charge in [0.15, 0.2) is 5.78 Å². The first-order valence-electron chi connectivity index (χ1n) is 6.57. The Hall–Kier alpha value is -2.16. The van der Waals surface area contributed by atoms with Gasteiger partial charge in [-0.15, -0.1) is 0 Å². The van der Waals surface area contributed by atoms with Gasteiger partial charge in [-0.05, 0) is 68.3 Å². The number of ketones is 1. The second-order valence-corrected chi connectivity index (χ2v) is 4.71. The van der Waals surface area contributed by atoms with E-state index >= 15 is 0 Å². The van der Waals surface area contributed by atoms with Crippen molar-refractivity contribution in [3.63, 3.8) is 0 Å². The predicted octanol–water partition coefficient (Wildman–Crippen LogP) is 4.07. The Labute approximate surface area is 118 Å². The molecule has 0 bridgehead atoms. The van der Waals surface area contributed by atoms with Crippen LogP contribution in [0, 0.1) is 19.7 Å². The second kappa shape index (κ2) is 5.87. The molecular weight excluding hydrogens is 255 g/mol. The summed E-state index contributed by atoms with van der Waals surface area (Å²) in [6.07, 6.45) is 0. The van der Waals surface area contributed by atoms with Crippen molar-refractivity contribution in [2.45, 2.75) is 20.8 Å². The number of halogens is 1. The van der Waals surface area contributed by atoms with Crippen LogP contribution in [0.5, 0.6) is 5.75 Å². The van der Waals surface area contributed by atoms with Crippen LogP contribution in [0.4, 0.5) is 4.39 Å². The van der Waals surface area contributed by atoms with E-state index in [0.29, 0.717) is 28.9 Å². The van der Waals surface area contributed by atoms with Gasteiger partial charge in [-0.2, -0.15) is 0 Å². The van der Waals surface area contributed by atoms with Crippen molar-refractivity contribution in [1.29, 1.82) is 0 Å². The number of carbonyl (C=O) groups excluding carboxylic acids is 1. The SMILES string of the molecule is CCOc1ccc(C(=O)c2cc(C)c(F)c(C)c2)cc1. The normalized spacial score (nSPS) is 10.4. The summed E-state index contributed by atoms with van der Waals surface area (Å²) in [4.78, 5) is 12.4. The fourth-order valence-corrected chi connectivity index (χ4v) is 2.11. The number of carbonyl (C=O) groups is 1. The van der Waals surface area contributed by atoms with Gasteiger partial charge in [-0.3, -0.25) is 4.79 Å². The minimum atomic E-state index is -0.256. The van der Waals surface area contributed by atoms with Gasteiger partial charge in [-0.25, -0.2) is 4.39 Å². The fraction of sp³-hybridized carbons (Fsp3) is 0.235. The molecule has 104 valence electrons. The molecule has 20 heavy (non-hydrogen) atoms. The Morgan fingerprint density at radius 3 is 2.10 bits per heavy atom. The third-order valence-corrected chi connectivity index (χ3v) is 3.13. The van der Waals surface area contributed by atoms with Gasteiger partial charge in [0.1, 0.15) is 11.6 Å². The summed E-state index contributed by atoms with van der Waals surface area (Å²) in [5.41, 5.74) is 2.04. The van der Waals surface area contributed by atoms with Crippen molar-refractivity contribution < 1.29 is 13.9 Å². The lowest BCUT2D eigenvalue weighted by molar-refractivity contribution is 0.103. The van der Waals surface area contributed by atoms with Crippen LogP contribution in [0.3, 0.4) is 0 Å². The van der Waals surface area contributed by atoms with Crippen LogP contribution < -0.4 is 4.74 Å². The van der Waals surface area contributed by atoms with Crippen LogP contribution in [-0.4, -0.2) is 12.4 Å². The van der Waals surface area contributed by atoms with E-state index in [1.165, 1.54) is 0 Å². The largest absolute Gasteiger partial charge is 0.494 e. The highest BCUT2D eigenvalue weighted by Gasteiger charge is 2.12. The van der Waals surface area contributed by atoms with Gasteiger partial charge in [-0.1, -0.05) is 0 Å². The van der Waals surface area contributed by atoms with E-state index in [1.807, 2.05) is 6.92 Å². The number of benzene rings is 2. The Morgan fingerprint density at radius 2 is 1.60 bits per heavy atom. The summed E-state index contributed by atoms with van der Waals surface area (Å²) in [6, 6.07) is 10.1. The molecule has 2 rings (SSSR count). The van der Waals surface area contributed by atoms with Gasteiger partial charge < -0.3 is 4.74 Å². The standard InChI is InChI=1S/C17H17FO2/c1-4-20-15-7-5-13(6-8-15)17(19)14-9-11(2)16(18)12(3)10-14/h5-10H,4H2,1-3H3. The molecule has 0 unspecified atom stereocenters. The molecule has 3 heteroatoms. The zero-order chi connectivity index (χ0) is 14.7. The maximum atomic E-state index is 13.6. The summed E-state index contributed by atoms with van der Waals surface area (Å²) in [5.74, 6) is 0.364. The highest BCUT2D eigenvalue weighted by Crippen LogP contribution is 2.19. The van der Waals surface area contributed by atoms with Crippen molar-refractivity contribution in [3.8, 4) is 5.75 Å². The molecule has 0 radical (unpaired) electrons. The van der Waals surface area contributed by atoms with Crippen LogP contribution >= 0.6 is 0 Å². The minimum Gasteiger partial charge on any atom is -0.494 e. The molecule has 0 aliphatic heterocycles. The molecule has 0 atom stereocenters. The first-order chi connectivity index (χ1) is 9.52. The summed E-state index contributed by atoms with van der Waals surface area (Å²) in [7, 11) is 0. The molecule has 0 fully saturated rings. The summed E-state index contributed by atoms with van der Waals surface area (Å²) >= 11 is 0. The van der Waals surface area contributed by atoms with Gasteiger partial charge >= 0.3 is 0 Å². The van der Waals surface area contributed by atoms with Crippen molar-refractivity contribution in [1.82, 2.24) is 0 Å². The highest BCUT2D eigenvalue weighted by molar-refractivity contribution is 6.09. The van der Waals surface area contributed by atoms with Crippen molar-refractivity contribution in [2.75, 3.05) is 6.61 Å². The lowest BCUT2D eigenvalue weighted by Crippen LogP contribution is -2.04. The highest BCUT2D eigenvalue weighted by atomic mass is 19.1. The van der Waals surface area contributed by atoms with E-state index in [1.54, 1.807) is 50.2 Å². The first-order valence-corrected chi connectivity index (χ1v) is 6.57. The molecule has 2 aromatic carbocycles. The molecule has 0 aliphatic rings. The Bertz CT molecular complexity index is 607. The van der Waals surface area contributed by atoms with Crippen LogP contribution in [0.25, 0.3) is 0 Å². The lowest BCUT2D eigenvalue weighted by atomic mass is 9.99. The molecule has 0 aromatic heterocycles. The number of hydrogen-bond acceptors (Lipinski definition) is 2. The molecule has 0 saturated heterocycles. The smallest absolute Gasteiger partial charge is 0.193 e. The van der Waals surface area contributed by atoms with Crippen molar-refractivity contribution in [3.05, 3.63) is 64.5 Å². The average molecular weight is 272 g/mol. The average Bonchev–Trinajstić information content (AvgIpc) is 2.44. The minimum absolute atomic E-state index is 0.112. The topological polar surface area (TPSA) is 26.3 Å². The summed E-state index contributed by atoms with van der Waals surface area (Å²) in [5, 5.41) is 0. The number of hydrogen-bond donors (Lipinski definition) is 0. The molecule has 0 aliphatic carbocycles. The molecule has 0 saturated carbocycles. The van der Waals surface area contributed by atoms with Gasteiger partial charge in [0, 0.05) is 11.1 Å². The van der Waals surface area contributed by atoms with Crippen LogP contribution in [0.15, 0.2) is 36.4 Å². The third kappa shape index (κ3) is 2.87. The number of ether oxygens (including phenoxy) is 1. The van der Waals surface area contributed by atoms with Crippen molar-refractivity contribution in [2.24, 2.45) is 0 Å². The third-order valence-electron chi connectivity index (χ3n) is 3.13. The van der Waals surface area contributed by atoms with Crippen molar-refractivity contribution >= 4 is 5.78 Å². The molecule has 0 spiro atoms. The molecule has 2 aromatic rings. The summed E-state index contributed by atoms with van der Waals surface area (Å²) in [6.45, 7) is 5.82. The Kier molecular flexibility index (Phi) is 4.18. The van der Waals surface area contributed by atoms with E-state index in [9.17, 15) is 9.18 Å². The van der Waals surface area contributed by atoms with Gasteiger partial charge in [0.05, 0.1) is 6.61 Å². The quantitative estimate of drug-likeness (QED) is 0.784.